The second-order valence-electron chi connectivity index (χ2n) is 6.23. The maximum absolute atomic E-state index is 12.9. The van der Waals surface area contributed by atoms with Crippen molar-refractivity contribution in [3.05, 3.63) is 78.1 Å². The van der Waals surface area contributed by atoms with Crippen LogP contribution >= 0.6 is 0 Å². The van der Waals surface area contributed by atoms with Crippen LogP contribution in [-0.2, 0) is 11.8 Å². The lowest BCUT2D eigenvalue weighted by atomic mass is 10.1. The Hall–Kier alpha value is -3.35. The molecule has 0 aliphatic carbocycles. The SMILES string of the molecule is COc1cccc(C(NC(=O)CCOc2ccc(F)cc2)c2nccn2C)c1. The van der Waals surface area contributed by atoms with Crippen LogP contribution in [0.3, 0.4) is 0 Å². The van der Waals surface area contributed by atoms with E-state index in [-0.39, 0.29) is 24.8 Å². The summed E-state index contributed by atoms with van der Waals surface area (Å²) in [6, 6.07) is 12.8. The average Bonchev–Trinajstić information content (AvgIpc) is 3.13. The Bertz CT molecular complexity index is 925. The molecule has 0 fully saturated rings. The van der Waals surface area contributed by atoms with Crippen molar-refractivity contribution in [1.29, 1.82) is 0 Å². The molecule has 0 aliphatic rings. The number of carbonyl (C=O) groups is 1. The van der Waals surface area contributed by atoms with Gasteiger partial charge in [0.2, 0.25) is 5.91 Å². The maximum Gasteiger partial charge on any atom is 0.224 e. The first-order valence-electron chi connectivity index (χ1n) is 8.85. The highest BCUT2D eigenvalue weighted by atomic mass is 19.1. The molecular formula is C21H22FN3O3. The van der Waals surface area contributed by atoms with Crippen LogP contribution in [0.25, 0.3) is 0 Å². The Morgan fingerprint density at radius 2 is 2.00 bits per heavy atom. The molecule has 0 aliphatic heterocycles. The lowest BCUT2D eigenvalue weighted by Gasteiger charge is -2.20. The van der Waals surface area contributed by atoms with Crippen molar-refractivity contribution in [2.45, 2.75) is 12.5 Å². The van der Waals surface area contributed by atoms with E-state index in [1.165, 1.54) is 24.3 Å². The summed E-state index contributed by atoms with van der Waals surface area (Å²) in [5.74, 6) is 1.41. The van der Waals surface area contributed by atoms with Crippen LogP contribution in [0.15, 0.2) is 60.9 Å². The highest BCUT2D eigenvalue weighted by molar-refractivity contribution is 5.77. The largest absolute Gasteiger partial charge is 0.497 e. The van der Waals surface area contributed by atoms with Crippen molar-refractivity contribution in [2.24, 2.45) is 7.05 Å². The second kappa shape index (κ2) is 9.03. The molecule has 6 nitrogen and oxygen atoms in total. The van der Waals surface area contributed by atoms with Crippen LogP contribution in [0, 0.1) is 5.82 Å². The molecule has 1 atom stereocenters. The average molecular weight is 383 g/mol. The van der Waals surface area contributed by atoms with Crippen molar-refractivity contribution >= 4 is 5.91 Å². The highest BCUT2D eigenvalue weighted by Crippen LogP contribution is 2.24. The summed E-state index contributed by atoms with van der Waals surface area (Å²) in [7, 11) is 3.47. The summed E-state index contributed by atoms with van der Waals surface area (Å²) in [5, 5.41) is 3.01. The van der Waals surface area contributed by atoms with E-state index < -0.39 is 6.04 Å². The molecule has 3 aromatic rings. The number of carbonyl (C=O) groups excluding carboxylic acids is 1. The van der Waals surface area contributed by atoms with Gasteiger partial charge in [0.05, 0.1) is 20.1 Å². The molecule has 2 aromatic carbocycles. The van der Waals surface area contributed by atoms with E-state index in [9.17, 15) is 9.18 Å². The van der Waals surface area contributed by atoms with Crippen LogP contribution in [0.2, 0.25) is 0 Å². The zero-order chi connectivity index (χ0) is 19.9. The minimum absolute atomic E-state index is 0.155. The van der Waals surface area contributed by atoms with Gasteiger partial charge in [-0.1, -0.05) is 12.1 Å². The van der Waals surface area contributed by atoms with E-state index in [0.717, 1.165) is 5.56 Å². The van der Waals surface area contributed by atoms with E-state index in [1.807, 2.05) is 42.1 Å². The number of methoxy groups -OCH3 is 1. The van der Waals surface area contributed by atoms with Crippen molar-refractivity contribution in [2.75, 3.05) is 13.7 Å². The van der Waals surface area contributed by atoms with Crippen LogP contribution < -0.4 is 14.8 Å². The molecule has 146 valence electrons. The normalized spacial score (nSPS) is 11.7. The second-order valence-corrected chi connectivity index (χ2v) is 6.23. The number of ether oxygens (including phenoxy) is 2. The van der Waals surface area contributed by atoms with Gasteiger partial charge in [-0.05, 0) is 42.0 Å². The number of hydrogen-bond acceptors (Lipinski definition) is 4. The van der Waals surface area contributed by atoms with Gasteiger partial charge < -0.3 is 19.4 Å². The van der Waals surface area contributed by atoms with Crippen molar-refractivity contribution < 1.29 is 18.7 Å². The monoisotopic (exact) mass is 383 g/mol. The number of aromatic nitrogens is 2. The number of halogens is 1. The van der Waals surface area contributed by atoms with Gasteiger partial charge in [0.15, 0.2) is 0 Å². The fourth-order valence-electron chi connectivity index (χ4n) is 2.80. The van der Waals surface area contributed by atoms with Gasteiger partial charge in [-0.15, -0.1) is 0 Å². The maximum atomic E-state index is 12.9. The van der Waals surface area contributed by atoms with Gasteiger partial charge in [-0.25, -0.2) is 9.37 Å². The third kappa shape index (κ3) is 4.88. The molecule has 1 heterocycles. The fraction of sp³-hybridized carbons (Fsp3) is 0.238. The molecule has 1 amide bonds. The predicted octanol–water partition coefficient (Wildman–Crippen LogP) is 3.24. The van der Waals surface area contributed by atoms with E-state index >= 15 is 0 Å². The van der Waals surface area contributed by atoms with E-state index in [4.69, 9.17) is 9.47 Å². The molecule has 0 bridgehead atoms. The number of rotatable bonds is 8. The molecule has 7 heteroatoms. The number of aryl methyl sites for hydroxylation is 1. The predicted molar refractivity (Wildman–Crippen MR) is 103 cm³/mol. The lowest BCUT2D eigenvalue weighted by Crippen LogP contribution is -2.32. The molecule has 1 unspecified atom stereocenters. The van der Waals surface area contributed by atoms with Crippen LogP contribution in [0.1, 0.15) is 23.9 Å². The van der Waals surface area contributed by atoms with Crippen molar-refractivity contribution in [1.82, 2.24) is 14.9 Å². The summed E-state index contributed by atoms with van der Waals surface area (Å²) >= 11 is 0. The minimum Gasteiger partial charge on any atom is -0.497 e. The Balaban J connectivity index is 1.67. The summed E-state index contributed by atoms with van der Waals surface area (Å²) in [6.07, 6.45) is 3.67. The molecule has 1 N–H and O–H groups in total. The number of hydrogen-bond donors (Lipinski definition) is 1. The lowest BCUT2D eigenvalue weighted by molar-refractivity contribution is -0.122. The number of imidazole rings is 1. The molecule has 28 heavy (non-hydrogen) atoms. The van der Waals surface area contributed by atoms with Gasteiger partial charge in [0, 0.05) is 19.4 Å². The van der Waals surface area contributed by atoms with Gasteiger partial charge in [-0.3, -0.25) is 4.79 Å². The Kier molecular flexibility index (Phi) is 6.26. The third-order valence-electron chi connectivity index (χ3n) is 4.26. The Labute approximate surface area is 162 Å². The highest BCUT2D eigenvalue weighted by Gasteiger charge is 2.21. The number of nitrogens with one attached hydrogen (secondary N) is 1. The number of nitrogens with zero attached hydrogens (tertiary/aromatic N) is 2. The van der Waals surface area contributed by atoms with E-state index in [2.05, 4.69) is 10.3 Å². The molecule has 0 spiro atoms. The van der Waals surface area contributed by atoms with E-state index in [0.29, 0.717) is 17.3 Å². The van der Waals surface area contributed by atoms with Crippen LogP contribution in [-0.4, -0.2) is 29.2 Å². The van der Waals surface area contributed by atoms with Crippen LogP contribution in [0.4, 0.5) is 4.39 Å². The topological polar surface area (TPSA) is 65.4 Å². The van der Waals surface area contributed by atoms with Gasteiger partial charge >= 0.3 is 0 Å². The van der Waals surface area contributed by atoms with Crippen LogP contribution in [0.5, 0.6) is 11.5 Å². The summed E-state index contributed by atoms with van der Waals surface area (Å²) in [5.41, 5.74) is 0.862. The van der Waals surface area contributed by atoms with Crippen molar-refractivity contribution in [3.63, 3.8) is 0 Å². The van der Waals surface area contributed by atoms with Gasteiger partial charge in [0.25, 0.3) is 0 Å². The smallest absolute Gasteiger partial charge is 0.224 e. The Morgan fingerprint density at radius 3 is 2.68 bits per heavy atom. The fourth-order valence-corrected chi connectivity index (χ4v) is 2.80. The molecule has 3 rings (SSSR count). The first-order valence-corrected chi connectivity index (χ1v) is 8.85. The molecule has 0 radical (unpaired) electrons. The number of amides is 1. The summed E-state index contributed by atoms with van der Waals surface area (Å²) in [4.78, 5) is 16.9. The number of benzene rings is 2. The summed E-state index contributed by atoms with van der Waals surface area (Å²) < 4.78 is 25.6. The Morgan fingerprint density at radius 1 is 1.21 bits per heavy atom. The zero-order valence-corrected chi connectivity index (χ0v) is 15.8. The van der Waals surface area contributed by atoms with E-state index in [1.54, 1.807) is 13.3 Å². The first kappa shape index (κ1) is 19.4. The zero-order valence-electron chi connectivity index (χ0n) is 15.8. The molecule has 1 aromatic heterocycles. The minimum atomic E-state index is -0.423. The van der Waals surface area contributed by atoms with Gasteiger partial charge in [0.1, 0.15) is 29.2 Å². The van der Waals surface area contributed by atoms with Crippen molar-refractivity contribution in [3.8, 4) is 11.5 Å². The standard InChI is InChI=1S/C21H22FN3O3/c1-25-12-11-23-21(25)20(15-4-3-5-18(14-15)27-2)24-19(26)10-13-28-17-8-6-16(22)7-9-17/h3-9,11-12,14,20H,10,13H2,1-2H3,(H,24,26). The van der Waals surface area contributed by atoms with Gasteiger partial charge in [-0.2, -0.15) is 0 Å². The molecular weight excluding hydrogens is 361 g/mol. The molecule has 0 saturated carbocycles. The molecule has 0 saturated heterocycles. The first-order chi connectivity index (χ1) is 13.6. The summed E-state index contributed by atoms with van der Waals surface area (Å²) in [6.45, 7) is 0.183. The quantitative estimate of drug-likeness (QED) is 0.649. The third-order valence-corrected chi connectivity index (χ3v) is 4.26.